The van der Waals surface area contributed by atoms with Crippen molar-refractivity contribution in [3.63, 3.8) is 0 Å². The lowest BCUT2D eigenvalue weighted by Crippen LogP contribution is -2.47. The van der Waals surface area contributed by atoms with Gasteiger partial charge in [-0.1, -0.05) is 66.7 Å². The Bertz CT molecular complexity index is 850. The minimum Gasteiger partial charge on any atom is -0.351 e. The molecule has 1 atom stereocenters. The van der Waals surface area contributed by atoms with Crippen molar-refractivity contribution < 1.29 is 9.59 Å². The molecule has 3 rings (SSSR count). The molecule has 0 heterocycles. The highest BCUT2D eigenvalue weighted by Gasteiger charge is 2.32. The first-order valence-electron chi connectivity index (χ1n) is 10.1. The summed E-state index contributed by atoms with van der Waals surface area (Å²) in [6.45, 7) is 0.244. The molecule has 1 N–H and O–H groups in total. The van der Waals surface area contributed by atoms with Gasteiger partial charge in [-0.3, -0.25) is 9.59 Å². The van der Waals surface area contributed by atoms with Gasteiger partial charge in [-0.25, -0.2) is 0 Å². The van der Waals surface area contributed by atoms with Gasteiger partial charge in [0.2, 0.25) is 11.8 Å². The maximum atomic E-state index is 13.4. The summed E-state index contributed by atoms with van der Waals surface area (Å²) in [6, 6.07) is 13.6. The number of hydrogen-bond donors (Lipinski definition) is 1. The van der Waals surface area contributed by atoms with E-state index in [1.54, 1.807) is 36.4 Å². The van der Waals surface area contributed by atoms with E-state index >= 15 is 0 Å². The highest BCUT2D eigenvalue weighted by atomic mass is 35.5. The molecule has 1 fully saturated rings. The number of amides is 2. The molecular weight excluding hydrogens is 443 g/mol. The molecule has 1 aliphatic carbocycles. The second-order valence-corrected chi connectivity index (χ2v) is 8.72. The van der Waals surface area contributed by atoms with Crippen molar-refractivity contribution >= 4 is 46.6 Å². The molecule has 0 spiro atoms. The number of rotatable bonds is 7. The van der Waals surface area contributed by atoms with Crippen molar-refractivity contribution in [3.05, 3.63) is 69.7 Å². The maximum absolute atomic E-state index is 13.4. The number of carbonyl (C=O) groups excluding carboxylic acids is 2. The number of benzene rings is 2. The number of nitrogens with one attached hydrogen (secondary N) is 1. The molecule has 0 aliphatic heterocycles. The minimum absolute atomic E-state index is 0.129. The topological polar surface area (TPSA) is 49.4 Å². The summed E-state index contributed by atoms with van der Waals surface area (Å²) in [5, 5.41) is 4.33. The first-order chi connectivity index (χ1) is 14.5. The molecule has 0 aromatic heterocycles. The largest absolute Gasteiger partial charge is 0.351 e. The van der Waals surface area contributed by atoms with Gasteiger partial charge in [0.15, 0.2) is 0 Å². The van der Waals surface area contributed by atoms with Crippen LogP contribution >= 0.6 is 34.8 Å². The summed E-state index contributed by atoms with van der Waals surface area (Å²) in [4.78, 5) is 27.7. The van der Waals surface area contributed by atoms with Crippen LogP contribution in [0.4, 0.5) is 0 Å². The highest BCUT2D eigenvalue weighted by molar-refractivity contribution is 6.30. The second-order valence-electron chi connectivity index (χ2n) is 7.58. The summed E-state index contributed by atoms with van der Waals surface area (Å²) < 4.78 is 0. The van der Waals surface area contributed by atoms with Crippen molar-refractivity contribution in [3.8, 4) is 0 Å². The van der Waals surface area contributed by atoms with Gasteiger partial charge >= 0.3 is 0 Å². The van der Waals surface area contributed by atoms with E-state index in [0.717, 1.165) is 31.2 Å². The van der Waals surface area contributed by atoms with E-state index in [0.29, 0.717) is 15.6 Å². The van der Waals surface area contributed by atoms with Crippen LogP contribution in [0, 0.1) is 0 Å². The van der Waals surface area contributed by atoms with Crippen LogP contribution in [-0.4, -0.2) is 28.6 Å². The molecule has 0 unspecified atom stereocenters. The molecule has 0 radical (unpaired) electrons. The number of hydrogen-bond acceptors (Lipinski definition) is 2. The number of carbonyl (C=O) groups is 2. The lowest BCUT2D eigenvalue weighted by atomic mass is 9.94. The molecule has 0 saturated heterocycles. The molecule has 4 nitrogen and oxygen atoms in total. The van der Waals surface area contributed by atoms with Crippen LogP contribution in [0.25, 0.3) is 0 Å². The van der Waals surface area contributed by atoms with E-state index in [4.69, 9.17) is 34.8 Å². The lowest BCUT2D eigenvalue weighted by molar-refractivity contribution is -0.140. The molecule has 30 heavy (non-hydrogen) atoms. The summed E-state index contributed by atoms with van der Waals surface area (Å²) in [7, 11) is 0. The third kappa shape index (κ3) is 6.13. The van der Waals surface area contributed by atoms with Crippen molar-refractivity contribution in [1.82, 2.24) is 10.2 Å². The number of nitrogens with zero attached hydrogens (tertiary/aromatic N) is 1. The average Bonchev–Trinajstić information content (AvgIpc) is 2.76. The van der Waals surface area contributed by atoms with Crippen molar-refractivity contribution in [1.29, 1.82) is 0 Å². The van der Waals surface area contributed by atoms with Crippen molar-refractivity contribution in [2.45, 2.75) is 50.7 Å². The van der Waals surface area contributed by atoms with Gasteiger partial charge in [-0.05, 0) is 48.2 Å². The average molecular weight is 468 g/mol. The van der Waals surface area contributed by atoms with Gasteiger partial charge in [0.25, 0.3) is 0 Å². The van der Waals surface area contributed by atoms with Crippen molar-refractivity contribution in [2.24, 2.45) is 0 Å². The fraction of sp³-hybridized carbons (Fsp3) is 0.391. The van der Waals surface area contributed by atoms with Gasteiger partial charge < -0.3 is 10.2 Å². The van der Waals surface area contributed by atoms with Crippen LogP contribution < -0.4 is 5.32 Å². The lowest BCUT2D eigenvalue weighted by Gasteiger charge is -2.33. The number of alkyl halides is 1. The summed E-state index contributed by atoms with van der Waals surface area (Å²) >= 11 is 18.0. The van der Waals surface area contributed by atoms with Crippen LogP contribution in [-0.2, 0) is 16.1 Å². The SMILES string of the molecule is O=C(NC1CCCCC1)[C@@H](c1ccc(Cl)cc1)N(Cc1ccc(Cl)cc1)C(=O)CCl. The van der Waals surface area contributed by atoms with E-state index in [-0.39, 0.29) is 30.3 Å². The van der Waals surface area contributed by atoms with E-state index < -0.39 is 6.04 Å². The molecule has 7 heteroatoms. The molecule has 1 aliphatic rings. The first-order valence-corrected chi connectivity index (χ1v) is 11.4. The Hall–Kier alpha value is -1.75. The zero-order chi connectivity index (χ0) is 21.5. The van der Waals surface area contributed by atoms with E-state index in [2.05, 4.69) is 5.32 Å². The molecule has 2 aromatic carbocycles. The van der Waals surface area contributed by atoms with Gasteiger partial charge in [0.05, 0.1) is 0 Å². The third-order valence-corrected chi connectivity index (χ3v) is 6.13. The minimum atomic E-state index is -0.800. The Labute approximate surface area is 192 Å². The zero-order valence-corrected chi connectivity index (χ0v) is 18.9. The van der Waals surface area contributed by atoms with E-state index in [1.165, 1.54) is 11.3 Å². The molecular formula is C23H25Cl3N2O2. The monoisotopic (exact) mass is 466 g/mol. The summed E-state index contributed by atoms with van der Waals surface area (Å²) in [5.74, 6) is -0.726. The Balaban J connectivity index is 1.92. The molecule has 160 valence electrons. The Morgan fingerprint density at radius 2 is 1.50 bits per heavy atom. The predicted octanol–water partition coefficient (Wildman–Crippen LogP) is 5.75. The van der Waals surface area contributed by atoms with Crippen LogP contribution in [0.3, 0.4) is 0 Å². The van der Waals surface area contributed by atoms with Crippen LogP contribution in [0.15, 0.2) is 48.5 Å². The molecule has 2 aromatic rings. The van der Waals surface area contributed by atoms with Gasteiger partial charge in [0.1, 0.15) is 11.9 Å². The fourth-order valence-electron chi connectivity index (χ4n) is 3.83. The Morgan fingerprint density at radius 3 is 2.07 bits per heavy atom. The van der Waals surface area contributed by atoms with E-state index in [1.807, 2.05) is 12.1 Å². The summed E-state index contributed by atoms with van der Waals surface area (Å²) in [6.07, 6.45) is 5.32. The van der Waals surface area contributed by atoms with Crippen LogP contribution in [0.5, 0.6) is 0 Å². The van der Waals surface area contributed by atoms with Crippen LogP contribution in [0.2, 0.25) is 10.0 Å². The van der Waals surface area contributed by atoms with Gasteiger partial charge in [-0.15, -0.1) is 11.6 Å². The normalized spacial score (nSPS) is 15.4. The highest BCUT2D eigenvalue weighted by Crippen LogP contribution is 2.27. The smallest absolute Gasteiger partial charge is 0.247 e. The van der Waals surface area contributed by atoms with Crippen LogP contribution in [0.1, 0.15) is 49.3 Å². The predicted molar refractivity (Wildman–Crippen MR) is 122 cm³/mol. The molecule has 2 amide bonds. The number of halogens is 3. The Morgan fingerprint density at radius 1 is 0.933 bits per heavy atom. The fourth-order valence-corrected chi connectivity index (χ4v) is 4.24. The van der Waals surface area contributed by atoms with Gasteiger partial charge in [0, 0.05) is 22.6 Å². The maximum Gasteiger partial charge on any atom is 0.247 e. The second kappa shape index (κ2) is 11.0. The molecule has 1 saturated carbocycles. The van der Waals surface area contributed by atoms with Crippen molar-refractivity contribution in [2.75, 3.05) is 5.88 Å². The first kappa shape index (κ1) is 22.9. The quantitative estimate of drug-likeness (QED) is 0.527. The summed E-state index contributed by atoms with van der Waals surface area (Å²) in [5.41, 5.74) is 1.56. The Kier molecular flexibility index (Phi) is 8.43. The zero-order valence-electron chi connectivity index (χ0n) is 16.6. The molecule has 0 bridgehead atoms. The van der Waals surface area contributed by atoms with Gasteiger partial charge in [-0.2, -0.15) is 0 Å². The third-order valence-electron chi connectivity index (χ3n) is 5.40. The standard InChI is InChI=1S/C23H25Cl3N2O2/c24-14-21(29)28(15-16-6-10-18(25)11-7-16)22(17-8-12-19(26)13-9-17)23(30)27-20-4-2-1-3-5-20/h6-13,20,22H,1-5,14-15H2,(H,27,30)/t22-/m1/s1. The van der Waals surface area contributed by atoms with E-state index in [9.17, 15) is 9.59 Å².